The minimum Gasteiger partial charge on any atom is -0.469 e. The van der Waals surface area contributed by atoms with Crippen LogP contribution in [0.2, 0.25) is 0 Å². The summed E-state index contributed by atoms with van der Waals surface area (Å²) >= 11 is 0. The first-order chi connectivity index (χ1) is 7.95. The molecule has 0 saturated heterocycles. The van der Waals surface area contributed by atoms with E-state index in [1.54, 1.807) is 38.1 Å². The normalized spacial score (nSPS) is 12.6. The molecule has 0 aliphatic carbocycles. The Balaban J connectivity index is 3.17. The molecule has 1 aromatic carbocycles. The van der Waals surface area contributed by atoms with E-state index in [0.29, 0.717) is 11.1 Å². The molecule has 0 aromatic heterocycles. The van der Waals surface area contributed by atoms with E-state index < -0.39 is 17.4 Å². The molecule has 0 spiro atoms. The number of nitriles is 1. The maximum Gasteiger partial charge on any atom is 0.313 e. The van der Waals surface area contributed by atoms with Gasteiger partial charge in [-0.2, -0.15) is 5.26 Å². The highest BCUT2D eigenvalue weighted by atomic mass is 16.5. The summed E-state index contributed by atoms with van der Waals surface area (Å²) in [5, 5.41) is 9.01. The minimum absolute atomic E-state index is 0.391. The summed E-state index contributed by atoms with van der Waals surface area (Å²) in [6, 6.07) is 8.50. The number of methoxy groups -OCH3 is 1. The molecule has 0 saturated carbocycles. The van der Waals surface area contributed by atoms with Crippen LogP contribution in [0.5, 0.6) is 0 Å². The van der Waals surface area contributed by atoms with Crippen LogP contribution >= 0.6 is 0 Å². The Morgan fingerprint density at radius 2 is 2.06 bits per heavy atom. The van der Waals surface area contributed by atoms with E-state index in [1.807, 2.05) is 0 Å². The number of carbonyl (C=O) groups excluding carboxylic acids is 1. The van der Waals surface area contributed by atoms with E-state index in [1.165, 1.54) is 7.11 Å². The maximum absolute atomic E-state index is 11.7. The number of rotatable bonds is 3. The zero-order valence-corrected chi connectivity index (χ0v) is 10.2. The van der Waals surface area contributed by atoms with Crippen molar-refractivity contribution in [1.82, 2.24) is 0 Å². The van der Waals surface area contributed by atoms with Gasteiger partial charge in [-0.25, -0.2) is 0 Å². The zero-order valence-electron chi connectivity index (χ0n) is 10.2. The third-order valence-corrected chi connectivity index (χ3v) is 2.91. The SMILES string of the molecule is COC(=O)C(C)(C)[C@H](N)c1ccccc1C#N. The lowest BCUT2D eigenvalue weighted by Crippen LogP contribution is -2.37. The quantitative estimate of drug-likeness (QED) is 0.805. The largest absolute Gasteiger partial charge is 0.469 e. The summed E-state index contributed by atoms with van der Waals surface area (Å²) in [4.78, 5) is 11.7. The second-order valence-electron chi connectivity index (χ2n) is 4.39. The van der Waals surface area contributed by atoms with E-state index in [4.69, 9.17) is 15.7 Å². The van der Waals surface area contributed by atoms with Crippen molar-refractivity contribution in [3.05, 3.63) is 35.4 Å². The molecule has 1 aromatic rings. The van der Waals surface area contributed by atoms with Crippen LogP contribution < -0.4 is 5.73 Å². The van der Waals surface area contributed by atoms with Crippen LogP contribution in [0.15, 0.2) is 24.3 Å². The fourth-order valence-electron chi connectivity index (χ4n) is 1.65. The Kier molecular flexibility index (Phi) is 3.87. The summed E-state index contributed by atoms with van der Waals surface area (Å²) in [6.07, 6.45) is 0. The molecule has 17 heavy (non-hydrogen) atoms. The second kappa shape index (κ2) is 4.98. The monoisotopic (exact) mass is 232 g/mol. The van der Waals surface area contributed by atoms with Crippen LogP contribution in [0.4, 0.5) is 0 Å². The van der Waals surface area contributed by atoms with Gasteiger partial charge in [-0.05, 0) is 25.5 Å². The Morgan fingerprint density at radius 3 is 2.59 bits per heavy atom. The molecule has 0 heterocycles. The van der Waals surface area contributed by atoms with E-state index in [9.17, 15) is 4.79 Å². The molecular weight excluding hydrogens is 216 g/mol. The van der Waals surface area contributed by atoms with Crippen molar-refractivity contribution >= 4 is 5.97 Å². The molecule has 90 valence electrons. The van der Waals surface area contributed by atoms with Gasteiger partial charge in [0.15, 0.2) is 0 Å². The van der Waals surface area contributed by atoms with Crippen molar-refractivity contribution in [2.75, 3.05) is 7.11 Å². The molecule has 0 unspecified atom stereocenters. The topological polar surface area (TPSA) is 76.1 Å². The van der Waals surface area contributed by atoms with E-state index in [0.717, 1.165) is 0 Å². The Morgan fingerprint density at radius 1 is 1.47 bits per heavy atom. The fourth-order valence-corrected chi connectivity index (χ4v) is 1.65. The molecule has 2 N–H and O–H groups in total. The summed E-state index contributed by atoms with van der Waals surface area (Å²) in [7, 11) is 1.33. The van der Waals surface area contributed by atoms with Crippen LogP contribution in [0.1, 0.15) is 31.0 Å². The smallest absolute Gasteiger partial charge is 0.313 e. The first-order valence-electron chi connectivity index (χ1n) is 5.28. The molecule has 0 aliphatic heterocycles. The maximum atomic E-state index is 11.7. The molecule has 0 aliphatic rings. The van der Waals surface area contributed by atoms with Gasteiger partial charge in [-0.1, -0.05) is 18.2 Å². The van der Waals surface area contributed by atoms with E-state index >= 15 is 0 Å². The summed E-state index contributed by atoms with van der Waals surface area (Å²) in [5.41, 5.74) is 6.34. The van der Waals surface area contributed by atoms with Gasteiger partial charge in [-0.15, -0.1) is 0 Å². The number of hydrogen-bond acceptors (Lipinski definition) is 4. The molecule has 0 fully saturated rings. The lowest BCUT2D eigenvalue weighted by Gasteiger charge is -2.29. The first kappa shape index (κ1) is 13.2. The van der Waals surface area contributed by atoms with Gasteiger partial charge >= 0.3 is 5.97 Å². The average Bonchev–Trinajstić information content (AvgIpc) is 2.36. The van der Waals surface area contributed by atoms with Crippen molar-refractivity contribution in [2.45, 2.75) is 19.9 Å². The van der Waals surface area contributed by atoms with Gasteiger partial charge in [-0.3, -0.25) is 4.79 Å². The Labute approximate surface area is 101 Å². The number of ether oxygens (including phenoxy) is 1. The predicted octanol–water partition coefficient (Wildman–Crippen LogP) is 1.76. The van der Waals surface area contributed by atoms with Gasteiger partial charge in [0.1, 0.15) is 0 Å². The molecule has 0 bridgehead atoms. The summed E-state index contributed by atoms with van der Waals surface area (Å²) < 4.78 is 4.73. The number of carbonyl (C=O) groups is 1. The number of esters is 1. The van der Waals surface area contributed by atoms with E-state index in [-0.39, 0.29) is 0 Å². The molecule has 4 nitrogen and oxygen atoms in total. The van der Waals surface area contributed by atoms with E-state index in [2.05, 4.69) is 6.07 Å². The summed E-state index contributed by atoms with van der Waals surface area (Å²) in [6.45, 7) is 3.41. The zero-order chi connectivity index (χ0) is 13.1. The molecule has 1 rings (SSSR count). The number of nitrogens with two attached hydrogens (primary N) is 1. The highest BCUT2D eigenvalue weighted by Crippen LogP contribution is 2.33. The van der Waals surface area contributed by atoms with Gasteiger partial charge in [0.05, 0.1) is 24.2 Å². The van der Waals surface area contributed by atoms with Crippen molar-refractivity contribution in [3.63, 3.8) is 0 Å². The van der Waals surface area contributed by atoms with Gasteiger partial charge in [0, 0.05) is 6.04 Å². The van der Waals surface area contributed by atoms with Crippen molar-refractivity contribution in [1.29, 1.82) is 5.26 Å². The van der Waals surface area contributed by atoms with Crippen LogP contribution in [-0.4, -0.2) is 13.1 Å². The third kappa shape index (κ3) is 2.45. The van der Waals surface area contributed by atoms with Gasteiger partial charge < -0.3 is 10.5 Å². The van der Waals surface area contributed by atoms with Crippen molar-refractivity contribution in [2.24, 2.45) is 11.1 Å². The number of nitrogens with zero attached hydrogens (tertiary/aromatic N) is 1. The molecule has 0 amide bonds. The fraction of sp³-hybridized carbons (Fsp3) is 0.385. The molecule has 1 atom stereocenters. The van der Waals surface area contributed by atoms with Crippen molar-refractivity contribution in [3.8, 4) is 6.07 Å². The highest BCUT2D eigenvalue weighted by molar-refractivity contribution is 5.77. The van der Waals surface area contributed by atoms with Crippen molar-refractivity contribution < 1.29 is 9.53 Å². The third-order valence-electron chi connectivity index (χ3n) is 2.91. The second-order valence-corrected chi connectivity index (χ2v) is 4.39. The molecular formula is C13H16N2O2. The van der Waals surface area contributed by atoms with Crippen LogP contribution in [0, 0.1) is 16.7 Å². The summed E-state index contributed by atoms with van der Waals surface area (Å²) in [5.74, 6) is -0.391. The number of hydrogen-bond donors (Lipinski definition) is 1. The van der Waals surface area contributed by atoms with Gasteiger partial charge in [0.25, 0.3) is 0 Å². The number of benzene rings is 1. The highest BCUT2D eigenvalue weighted by Gasteiger charge is 2.37. The lowest BCUT2D eigenvalue weighted by molar-refractivity contribution is -0.152. The van der Waals surface area contributed by atoms with Crippen LogP contribution in [0.3, 0.4) is 0 Å². The van der Waals surface area contributed by atoms with Crippen LogP contribution in [0.25, 0.3) is 0 Å². The van der Waals surface area contributed by atoms with Gasteiger partial charge in [0.2, 0.25) is 0 Å². The predicted molar refractivity (Wildman–Crippen MR) is 63.9 cm³/mol. The first-order valence-corrected chi connectivity index (χ1v) is 5.28. The molecule has 4 heteroatoms. The minimum atomic E-state index is -0.873. The Bertz CT molecular complexity index is 461. The lowest BCUT2D eigenvalue weighted by atomic mass is 9.79. The standard InChI is InChI=1S/C13H16N2O2/c1-13(2,12(16)17-3)11(15)10-7-5-4-6-9(10)8-14/h4-7,11H,15H2,1-3H3/t11-/m1/s1. The average molecular weight is 232 g/mol. The molecule has 0 radical (unpaired) electrons. The van der Waals surface area contributed by atoms with Crippen LogP contribution in [-0.2, 0) is 9.53 Å². The Hall–Kier alpha value is -1.86.